The summed E-state index contributed by atoms with van der Waals surface area (Å²) in [6, 6.07) is 1.05. The molecule has 0 heterocycles. The number of hydrogen-bond donors (Lipinski definition) is 0. The molecule has 0 saturated heterocycles. The highest BCUT2D eigenvalue weighted by Crippen LogP contribution is 2.31. The van der Waals surface area contributed by atoms with E-state index in [0.29, 0.717) is 12.1 Å². The van der Waals surface area contributed by atoms with Crippen molar-refractivity contribution in [3.63, 3.8) is 0 Å². The molecule has 5 nitrogen and oxygen atoms in total. The summed E-state index contributed by atoms with van der Waals surface area (Å²) >= 11 is 0. The predicted octanol–water partition coefficient (Wildman–Crippen LogP) is 2.66. The van der Waals surface area contributed by atoms with Crippen LogP contribution in [0.2, 0.25) is 0 Å². The number of hydrogen-bond acceptors (Lipinski definition) is 3. The third kappa shape index (κ3) is 2.92. The number of halogens is 4. The van der Waals surface area contributed by atoms with Gasteiger partial charge in [0.05, 0.1) is 4.92 Å². The van der Waals surface area contributed by atoms with Gasteiger partial charge in [-0.25, -0.2) is 4.39 Å². The maximum Gasteiger partial charge on any atom is 0.316 e. The monoisotopic (exact) mass is 292 g/mol. The number of amides is 1. The third-order valence-corrected chi connectivity index (χ3v) is 2.28. The Morgan fingerprint density at radius 3 is 2.50 bits per heavy atom. The second-order valence-corrected chi connectivity index (χ2v) is 3.52. The zero-order valence-corrected chi connectivity index (χ0v) is 9.85. The number of rotatable bonds is 5. The Labute approximate surface area is 110 Å². The molecule has 1 rings (SSSR count). The first-order valence-electron chi connectivity index (χ1n) is 5.14. The number of carbonyl (C=O) groups excluding carboxylic acids is 1. The Kier molecular flexibility index (Phi) is 4.78. The Hall–Kier alpha value is -2.45. The Morgan fingerprint density at radius 1 is 1.45 bits per heavy atom. The molecule has 0 saturated carbocycles. The van der Waals surface area contributed by atoms with Gasteiger partial charge < -0.3 is 0 Å². The van der Waals surface area contributed by atoms with E-state index in [1.807, 2.05) is 0 Å². The van der Waals surface area contributed by atoms with Gasteiger partial charge in [0.15, 0.2) is 0 Å². The molecule has 0 fully saturated rings. The number of anilines is 1. The maximum atomic E-state index is 13.8. The summed E-state index contributed by atoms with van der Waals surface area (Å²) in [4.78, 5) is 20.7. The molecular formula is C11H8F4N2O3. The number of nitro benzene ring substituents is 1. The Bertz CT molecular complexity index is 563. The molecule has 1 aromatic carbocycles. The minimum Gasteiger partial charge on any atom is -0.298 e. The van der Waals surface area contributed by atoms with Crippen LogP contribution >= 0.6 is 0 Å². The number of nitrogens with zero attached hydrogens (tertiary/aromatic N) is 2. The van der Waals surface area contributed by atoms with Gasteiger partial charge in [0.1, 0.15) is 11.5 Å². The van der Waals surface area contributed by atoms with Crippen molar-refractivity contribution in [3.05, 3.63) is 46.5 Å². The molecule has 1 amide bonds. The standard InChI is InChI=1S/C11H8F4N2O3/c1-2-5-16(11(18)10(14)15)9-6(12)3-4-7(8(9)13)17(19)20/h2-4,10H,1,5H2. The molecule has 108 valence electrons. The van der Waals surface area contributed by atoms with Crippen molar-refractivity contribution in [3.8, 4) is 0 Å². The van der Waals surface area contributed by atoms with Crippen molar-refractivity contribution in [2.75, 3.05) is 11.4 Å². The number of carbonyl (C=O) groups is 1. The van der Waals surface area contributed by atoms with Crippen LogP contribution in [0.3, 0.4) is 0 Å². The molecule has 0 unspecified atom stereocenters. The fraction of sp³-hybridized carbons (Fsp3) is 0.182. The van der Waals surface area contributed by atoms with Crippen LogP contribution in [-0.4, -0.2) is 23.8 Å². The average molecular weight is 292 g/mol. The lowest BCUT2D eigenvalue weighted by Crippen LogP contribution is -2.37. The van der Waals surface area contributed by atoms with Gasteiger partial charge >= 0.3 is 12.1 Å². The molecule has 0 aliphatic heterocycles. The van der Waals surface area contributed by atoms with E-state index in [4.69, 9.17) is 0 Å². The van der Waals surface area contributed by atoms with Gasteiger partial charge in [-0.2, -0.15) is 13.2 Å². The minimum atomic E-state index is -3.52. The average Bonchev–Trinajstić information content (AvgIpc) is 2.36. The SMILES string of the molecule is C=CCN(C(=O)C(F)F)c1c(F)ccc([N+](=O)[O-])c1F. The van der Waals surface area contributed by atoms with Crippen LogP contribution < -0.4 is 4.90 Å². The molecule has 0 spiro atoms. The van der Waals surface area contributed by atoms with Crippen LogP contribution in [0.5, 0.6) is 0 Å². The summed E-state index contributed by atoms with van der Waals surface area (Å²) in [5.74, 6) is -4.96. The second kappa shape index (κ2) is 6.13. The first-order valence-corrected chi connectivity index (χ1v) is 5.14. The second-order valence-electron chi connectivity index (χ2n) is 3.52. The molecule has 1 aromatic rings. The summed E-state index contributed by atoms with van der Waals surface area (Å²) in [5.41, 5.74) is -2.33. The lowest BCUT2D eigenvalue weighted by atomic mass is 10.2. The van der Waals surface area contributed by atoms with Crippen LogP contribution in [0.4, 0.5) is 28.9 Å². The highest BCUT2D eigenvalue weighted by atomic mass is 19.3. The predicted molar refractivity (Wildman–Crippen MR) is 61.6 cm³/mol. The quantitative estimate of drug-likeness (QED) is 0.363. The molecule has 0 aliphatic rings. The van der Waals surface area contributed by atoms with Crippen LogP contribution in [0, 0.1) is 21.7 Å². The van der Waals surface area contributed by atoms with Crippen molar-refractivity contribution in [1.29, 1.82) is 0 Å². The summed E-state index contributed by atoms with van der Waals surface area (Å²) in [6.07, 6.45) is -2.56. The summed E-state index contributed by atoms with van der Waals surface area (Å²) in [6.45, 7) is 2.54. The van der Waals surface area contributed by atoms with Gasteiger partial charge in [-0.3, -0.25) is 19.8 Å². The van der Waals surface area contributed by atoms with Gasteiger partial charge in [0.2, 0.25) is 5.82 Å². The lowest BCUT2D eigenvalue weighted by molar-refractivity contribution is -0.387. The number of alkyl halides is 2. The molecule has 0 atom stereocenters. The third-order valence-electron chi connectivity index (χ3n) is 2.28. The van der Waals surface area contributed by atoms with Crippen LogP contribution in [0.15, 0.2) is 24.8 Å². The largest absolute Gasteiger partial charge is 0.316 e. The van der Waals surface area contributed by atoms with Gasteiger partial charge in [0, 0.05) is 12.6 Å². The molecule has 9 heteroatoms. The zero-order valence-electron chi connectivity index (χ0n) is 9.85. The Morgan fingerprint density at radius 2 is 2.05 bits per heavy atom. The van der Waals surface area contributed by atoms with Gasteiger partial charge in [0.25, 0.3) is 5.91 Å². The van der Waals surface area contributed by atoms with Crippen molar-refractivity contribution in [2.45, 2.75) is 6.43 Å². The van der Waals surface area contributed by atoms with Crippen molar-refractivity contribution >= 4 is 17.3 Å². The minimum absolute atomic E-state index is 0.0648. The highest BCUT2D eigenvalue weighted by Gasteiger charge is 2.31. The molecular weight excluding hydrogens is 284 g/mol. The van der Waals surface area contributed by atoms with Crippen LogP contribution in [0.25, 0.3) is 0 Å². The molecule has 0 aliphatic carbocycles. The molecule has 0 radical (unpaired) electrons. The van der Waals surface area contributed by atoms with Gasteiger partial charge in [-0.15, -0.1) is 6.58 Å². The van der Waals surface area contributed by atoms with Gasteiger partial charge in [-0.05, 0) is 6.07 Å². The summed E-state index contributed by atoms with van der Waals surface area (Å²) in [5, 5.41) is 10.5. The first-order chi connectivity index (χ1) is 9.31. The molecule has 0 aromatic heterocycles. The summed E-state index contributed by atoms with van der Waals surface area (Å²) < 4.78 is 52.2. The smallest absolute Gasteiger partial charge is 0.298 e. The van der Waals surface area contributed by atoms with Gasteiger partial charge in [-0.1, -0.05) is 6.08 Å². The molecule has 0 bridgehead atoms. The summed E-state index contributed by atoms with van der Waals surface area (Å²) in [7, 11) is 0. The van der Waals surface area contributed by atoms with E-state index >= 15 is 0 Å². The number of benzene rings is 1. The molecule has 0 N–H and O–H groups in total. The topological polar surface area (TPSA) is 63.5 Å². The van der Waals surface area contributed by atoms with E-state index in [0.717, 1.165) is 6.08 Å². The fourth-order valence-electron chi connectivity index (χ4n) is 1.46. The van der Waals surface area contributed by atoms with E-state index in [1.54, 1.807) is 0 Å². The van der Waals surface area contributed by atoms with E-state index in [-0.39, 0.29) is 4.90 Å². The first kappa shape index (κ1) is 15.6. The van der Waals surface area contributed by atoms with Crippen molar-refractivity contribution in [2.24, 2.45) is 0 Å². The fourth-order valence-corrected chi connectivity index (χ4v) is 1.46. The highest BCUT2D eigenvalue weighted by molar-refractivity contribution is 5.96. The van der Waals surface area contributed by atoms with Crippen molar-refractivity contribution in [1.82, 2.24) is 0 Å². The zero-order chi connectivity index (χ0) is 15.4. The van der Waals surface area contributed by atoms with E-state index in [9.17, 15) is 32.5 Å². The Balaban J connectivity index is 3.47. The van der Waals surface area contributed by atoms with Crippen LogP contribution in [0.1, 0.15) is 0 Å². The van der Waals surface area contributed by atoms with E-state index in [2.05, 4.69) is 6.58 Å². The van der Waals surface area contributed by atoms with Crippen LogP contribution in [-0.2, 0) is 4.79 Å². The molecule has 20 heavy (non-hydrogen) atoms. The van der Waals surface area contributed by atoms with Crippen molar-refractivity contribution < 1.29 is 27.3 Å². The number of nitro groups is 1. The van der Waals surface area contributed by atoms with E-state index in [1.165, 1.54) is 0 Å². The maximum absolute atomic E-state index is 13.8. The van der Waals surface area contributed by atoms with E-state index < -0.39 is 46.8 Å². The normalized spacial score (nSPS) is 10.4. The lowest BCUT2D eigenvalue weighted by Gasteiger charge is -2.21.